The van der Waals surface area contributed by atoms with E-state index in [4.69, 9.17) is 0 Å². The zero-order valence-electron chi connectivity index (χ0n) is 11.5. The average Bonchev–Trinajstić information content (AvgIpc) is 2.63. The number of piperidine rings is 1. The second kappa shape index (κ2) is 5.02. The van der Waals surface area contributed by atoms with Gasteiger partial charge in [0.25, 0.3) is 0 Å². The van der Waals surface area contributed by atoms with Crippen LogP contribution in [0.15, 0.2) is 30.3 Å². The zero-order valence-corrected chi connectivity index (χ0v) is 11.5. The van der Waals surface area contributed by atoms with Gasteiger partial charge in [0.1, 0.15) is 0 Å². The molecule has 1 aromatic rings. The molecular weight excluding hydrogens is 220 g/mol. The fourth-order valence-corrected chi connectivity index (χ4v) is 3.74. The Morgan fingerprint density at radius 2 is 1.72 bits per heavy atom. The Morgan fingerprint density at radius 3 is 2.33 bits per heavy atom. The standard InChI is InChI=1S/C16H24N2/c1-12(13-6-4-3-5-7-13)17-14-10-15-8-9-16(11-14)18(15)2/h3-7,12,14-17H,8-11H2,1-2H3. The molecule has 1 N–H and O–H groups in total. The van der Waals surface area contributed by atoms with Gasteiger partial charge in [-0.3, -0.25) is 0 Å². The second-order valence-electron chi connectivity index (χ2n) is 6.02. The fourth-order valence-electron chi connectivity index (χ4n) is 3.74. The van der Waals surface area contributed by atoms with Crippen LogP contribution >= 0.6 is 0 Å². The van der Waals surface area contributed by atoms with Crippen molar-refractivity contribution in [1.82, 2.24) is 10.2 Å². The molecule has 2 aliphatic heterocycles. The number of rotatable bonds is 3. The molecule has 2 bridgehead atoms. The summed E-state index contributed by atoms with van der Waals surface area (Å²) in [5.74, 6) is 0. The Labute approximate surface area is 110 Å². The smallest absolute Gasteiger partial charge is 0.0294 e. The van der Waals surface area contributed by atoms with Crippen LogP contribution in [0.25, 0.3) is 0 Å². The number of nitrogens with one attached hydrogen (secondary N) is 1. The largest absolute Gasteiger partial charge is 0.307 e. The molecule has 1 aromatic carbocycles. The molecular formula is C16H24N2. The van der Waals surface area contributed by atoms with Gasteiger partial charge in [0.15, 0.2) is 0 Å². The van der Waals surface area contributed by atoms with Crippen LogP contribution in [-0.2, 0) is 0 Å². The monoisotopic (exact) mass is 244 g/mol. The minimum atomic E-state index is 0.471. The highest BCUT2D eigenvalue weighted by molar-refractivity contribution is 5.18. The lowest BCUT2D eigenvalue weighted by Crippen LogP contribution is -2.47. The Bertz CT molecular complexity index is 375. The number of fused-ring (bicyclic) bond motifs is 2. The van der Waals surface area contributed by atoms with Crippen LogP contribution in [0.1, 0.15) is 44.2 Å². The van der Waals surface area contributed by atoms with E-state index in [1.807, 2.05) is 0 Å². The van der Waals surface area contributed by atoms with E-state index in [0.717, 1.165) is 12.1 Å². The van der Waals surface area contributed by atoms with E-state index in [1.165, 1.54) is 31.2 Å². The summed E-state index contributed by atoms with van der Waals surface area (Å²) in [4.78, 5) is 2.60. The summed E-state index contributed by atoms with van der Waals surface area (Å²) in [6.07, 6.45) is 5.45. The molecule has 2 heterocycles. The zero-order chi connectivity index (χ0) is 12.5. The molecule has 98 valence electrons. The van der Waals surface area contributed by atoms with Gasteiger partial charge < -0.3 is 10.2 Å². The van der Waals surface area contributed by atoms with Gasteiger partial charge >= 0.3 is 0 Å². The minimum absolute atomic E-state index is 0.471. The van der Waals surface area contributed by atoms with Crippen molar-refractivity contribution in [3.8, 4) is 0 Å². The van der Waals surface area contributed by atoms with Crippen LogP contribution in [-0.4, -0.2) is 30.1 Å². The van der Waals surface area contributed by atoms with Crippen LogP contribution in [0.4, 0.5) is 0 Å². The first-order valence-corrected chi connectivity index (χ1v) is 7.27. The molecule has 0 amide bonds. The van der Waals surface area contributed by atoms with Crippen molar-refractivity contribution in [2.45, 2.75) is 56.8 Å². The number of benzene rings is 1. The molecule has 0 aromatic heterocycles. The second-order valence-corrected chi connectivity index (χ2v) is 6.02. The summed E-state index contributed by atoms with van der Waals surface area (Å²) in [6, 6.07) is 13.6. The van der Waals surface area contributed by atoms with Gasteiger partial charge in [0.2, 0.25) is 0 Å². The normalized spacial score (nSPS) is 33.6. The first-order valence-electron chi connectivity index (χ1n) is 7.27. The third-order valence-electron chi connectivity index (χ3n) is 4.88. The predicted molar refractivity (Wildman–Crippen MR) is 75.6 cm³/mol. The first kappa shape index (κ1) is 12.2. The third kappa shape index (κ3) is 2.32. The van der Waals surface area contributed by atoms with Crippen molar-refractivity contribution < 1.29 is 0 Å². The van der Waals surface area contributed by atoms with E-state index < -0.39 is 0 Å². The highest BCUT2D eigenvalue weighted by Gasteiger charge is 2.38. The van der Waals surface area contributed by atoms with Crippen molar-refractivity contribution >= 4 is 0 Å². The predicted octanol–water partition coefficient (Wildman–Crippen LogP) is 2.96. The highest BCUT2D eigenvalue weighted by Crippen LogP contribution is 2.34. The van der Waals surface area contributed by atoms with Crippen molar-refractivity contribution in [3.63, 3.8) is 0 Å². The summed E-state index contributed by atoms with van der Waals surface area (Å²) in [5, 5.41) is 3.83. The Hall–Kier alpha value is -0.860. The molecule has 0 aliphatic carbocycles. The Kier molecular flexibility index (Phi) is 3.40. The number of hydrogen-bond donors (Lipinski definition) is 1. The van der Waals surface area contributed by atoms with Crippen molar-refractivity contribution in [2.24, 2.45) is 0 Å². The summed E-state index contributed by atoms with van der Waals surface area (Å²) >= 11 is 0. The van der Waals surface area contributed by atoms with E-state index in [9.17, 15) is 0 Å². The maximum atomic E-state index is 3.83. The maximum Gasteiger partial charge on any atom is 0.0294 e. The van der Waals surface area contributed by atoms with Crippen molar-refractivity contribution in [3.05, 3.63) is 35.9 Å². The lowest BCUT2D eigenvalue weighted by Gasteiger charge is -2.38. The lowest BCUT2D eigenvalue weighted by molar-refractivity contribution is 0.144. The van der Waals surface area contributed by atoms with Gasteiger partial charge in [-0.1, -0.05) is 30.3 Å². The molecule has 3 unspecified atom stereocenters. The molecule has 0 spiro atoms. The first-order chi connectivity index (χ1) is 8.74. The van der Waals surface area contributed by atoms with E-state index in [2.05, 4.69) is 54.5 Å². The molecule has 2 saturated heterocycles. The molecule has 3 atom stereocenters. The summed E-state index contributed by atoms with van der Waals surface area (Å²) in [6.45, 7) is 2.29. The van der Waals surface area contributed by atoms with Crippen LogP contribution in [0, 0.1) is 0 Å². The fraction of sp³-hybridized carbons (Fsp3) is 0.625. The molecule has 2 nitrogen and oxygen atoms in total. The molecule has 2 heteroatoms. The van der Waals surface area contributed by atoms with Crippen LogP contribution in [0.3, 0.4) is 0 Å². The molecule has 2 aliphatic rings. The van der Waals surface area contributed by atoms with Gasteiger partial charge in [0, 0.05) is 24.2 Å². The van der Waals surface area contributed by atoms with Crippen LogP contribution in [0.2, 0.25) is 0 Å². The van der Waals surface area contributed by atoms with Gasteiger partial charge in [0.05, 0.1) is 0 Å². The minimum Gasteiger partial charge on any atom is -0.307 e. The summed E-state index contributed by atoms with van der Waals surface area (Å²) < 4.78 is 0. The van der Waals surface area contributed by atoms with Gasteiger partial charge in [-0.25, -0.2) is 0 Å². The SMILES string of the molecule is CC(NC1CC2CCC(C1)N2C)c1ccccc1. The average molecular weight is 244 g/mol. The Morgan fingerprint density at radius 1 is 1.11 bits per heavy atom. The maximum absolute atomic E-state index is 3.83. The Balaban J connectivity index is 1.61. The molecule has 0 saturated carbocycles. The third-order valence-corrected chi connectivity index (χ3v) is 4.88. The summed E-state index contributed by atoms with van der Waals surface area (Å²) in [5.41, 5.74) is 1.41. The van der Waals surface area contributed by atoms with E-state index >= 15 is 0 Å². The van der Waals surface area contributed by atoms with Gasteiger partial charge in [-0.2, -0.15) is 0 Å². The topological polar surface area (TPSA) is 15.3 Å². The van der Waals surface area contributed by atoms with Crippen LogP contribution < -0.4 is 5.32 Å². The number of hydrogen-bond acceptors (Lipinski definition) is 2. The van der Waals surface area contributed by atoms with Crippen molar-refractivity contribution in [2.75, 3.05) is 7.05 Å². The van der Waals surface area contributed by atoms with Gasteiger partial charge in [-0.05, 0) is 45.2 Å². The molecule has 18 heavy (non-hydrogen) atoms. The van der Waals surface area contributed by atoms with Crippen molar-refractivity contribution in [1.29, 1.82) is 0 Å². The van der Waals surface area contributed by atoms with E-state index in [-0.39, 0.29) is 0 Å². The van der Waals surface area contributed by atoms with Gasteiger partial charge in [-0.15, -0.1) is 0 Å². The van der Waals surface area contributed by atoms with Crippen LogP contribution in [0.5, 0.6) is 0 Å². The molecule has 0 radical (unpaired) electrons. The summed E-state index contributed by atoms with van der Waals surface area (Å²) in [7, 11) is 2.30. The molecule has 3 rings (SSSR count). The lowest BCUT2D eigenvalue weighted by atomic mass is 9.96. The quantitative estimate of drug-likeness (QED) is 0.879. The van der Waals surface area contributed by atoms with E-state index in [1.54, 1.807) is 0 Å². The van der Waals surface area contributed by atoms with E-state index in [0.29, 0.717) is 12.1 Å². The molecule has 2 fully saturated rings. The highest BCUT2D eigenvalue weighted by atomic mass is 15.2. The number of nitrogens with zero attached hydrogens (tertiary/aromatic N) is 1.